The lowest BCUT2D eigenvalue weighted by Gasteiger charge is -2.43. The summed E-state index contributed by atoms with van der Waals surface area (Å²) in [5.41, 5.74) is -0.477. The van der Waals surface area contributed by atoms with Gasteiger partial charge in [0, 0.05) is 18.7 Å². The molecule has 0 aromatic rings. The number of hydrogen-bond donors (Lipinski definition) is 0. The van der Waals surface area contributed by atoms with Gasteiger partial charge in [-0.3, -0.25) is 0 Å². The van der Waals surface area contributed by atoms with Crippen LogP contribution in [0.25, 0.3) is 0 Å². The molecule has 0 radical (unpaired) electrons. The van der Waals surface area contributed by atoms with Crippen LogP contribution in [0.5, 0.6) is 0 Å². The van der Waals surface area contributed by atoms with Crippen LogP contribution in [0.1, 0.15) is 40.5 Å². The standard InChI is InChI=1S/C12H21BO4/c1-10(2)11(3,4)17-13(16-10)9-7-12(8-9)14-5-6-15-12/h9H,5-8H2,1-4H3. The summed E-state index contributed by atoms with van der Waals surface area (Å²) in [6, 6.07) is 0. The number of ether oxygens (including phenoxy) is 2. The fraction of sp³-hybridized carbons (Fsp3) is 1.00. The molecule has 0 N–H and O–H groups in total. The van der Waals surface area contributed by atoms with Crippen molar-refractivity contribution in [3.63, 3.8) is 0 Å². The summed E-state index contributed by atoms with van der Waals surface area (Å²) in [7, 11) is -0.113. The molecule has 0 unspecified atom stereocenters. The lowest BCUT2D eigenvalue weighted by molar-refractivity contribution is -0.208. The second-order valence-electron chi connectivity index (χ2n) is 6.40. The highest BCUT2D eigenvalue weighted by atomic mass is 16.7. The van der Waals surface area contributed by atoms with E-state index >= 15 is 0 Å². The zero-order chi connectivity index (χ0) is 12.3. The Morgan fingerprint density at radius 1 is 0.882 bits per heavy atom. The minimum absolute atomic E-state index is 0.113. The number of hydrogen-bond acceptors (Lipinski definition) is 4. The second-order valence-corrected chi connectivity index (χ2v) is 6.40. The van der Waals surface area contributed by atoms with Crippen molar-refractivity contribution in [2.45, 2.75) is 63.3 Å². The van der Waals surface area contributed by atoms with Crippen molar-refractivity contribution in [3.8, 4) is 0 Å². The van der Waals surface area contributed by atoms with Gasteiger partial charge in [-0.25, -0.2) is 0 Å². The van der Waals surface area contributed by atoms with Gasteiger partial charge in [0.15, 0.2) is 5.79 Å². The Hall–Kier alpha value is -0.0951. The van der Waals surface area contributed by atoms with Crippen LogP contribution in [0.2, 0.25) is 5.82 Å². The van der Waals surface area contributed by atoms with Gasteiger partial charge in [0.2, 0.25) is 0 Å². The van der Waals surface area contributed by atoms with Crippen LogP contribution in [0, 0.1) is 0 Å². The van der Waals surface area contributed by atoms with Crippen molar-refractivity contribution < 1.29 is 18.8 Å². The van der Waals surface area contributed by atoms with Gasteiger partial charge in [0.25, 0.3) is 0 Å². The van der Waals surface area contributed by atoms with Crippen LogP contribution in [-0.2, 0) is 18.8 Å². The third kappa shape index (κ3) is 1.75. The molecule has 3 fully saturated rings. The molecule has 0 amide bonds. The van der Waals surface area contributed by atoms with E-state index in [4.69, 9.17) is 18.8 Å². The van der Waals surface area contributed by atoms with Crippen LogP contribution in [0.4, 0.5) is 0 Å². The first kappa shape index (κ1) is 12.0. The molecule has 17 heavy (non-hydrogen) atoms. The van der Waals surface area contributed by atoms with Crippen LogP contribution in [0.3, 0.4) is 0 Å². The normalized spacial score (nSPS) is 34.2. The van der Waals surface area contributed by atoms with E-state index in [2.05, 4.69) is 27.7 Å². The minimum Gasteiger partial charge on any atom is -0.403 e. The first-order valence-electron chi connectivity index (χ1n) is 6.47. The maximum atomic E-state index is 6.04. The van der Waals surface area contributed by atoms with E-state index in [0.29, 0.717) is 5.82 Å². The molecule has 1 saturated carbocycles. The Morgan fingerprint density at radius 2 is 1.35 bits per heavy atom. The van der Waals surface area contributed by atoms with Gasteiger partial charge < -0.3 is 18.8 Å². The zero-order valence-electron chi connectivity index (χ0n) is 11.1. The van der Waals surface area contributed by atoms with Crippen molar-refractivity contribution in [3.05, 3.63) is 0 Å². The fourth-order valence-corrected chi connectivity index (χ4v) is 2.75. The topological polar surface area (TPSA) is 36.9 Å². The average Bonchev–Trinajstić information content (AvgIpc) is 2.67. The molecule has 4 nitrogen and oxygen atoms in total. The van der Waals surface area contributed by atoms with Crippen molar-refractivity contribution >= 4 is 7.12 Å². The molecule has 0 aromatic carbocycles. The summed E-state index contributed by atoms with van der Waals surface area (Å²) >= 11 is 0. The third-order valence-electron chi connectivity index (χ3n) is 4.62. The van der Waals surface area contributed by atoms with Crippen molar-refractivity contribution in [2.24, 2.45) is 0 Å². The van der Waals surface area contributed by atoms with Crippen LogP contribution in [-0.4, -0.2) is 37.3 Å². The van der Waals surface area contributed by atoms with Crippen LogP contribution in [0.15, 0.2) is 0 Å². The zero-order valence-corrected chi connectivity index (χ0v) is 11.1. The van der Waals surface area contributed by atoms with E-state index in [0.717, 1.165) is 26.1 Å². The van der Waals surface area contributed by atoms with Crippen molar-refractivity contribution in [1.29, 1.82) is 0 Å². The summed E-state index contributed by atoms with van der Waals surface area (Å²) in [5, 5.41) is 0. The third-order valence-corrected chi connectivity index (χ3v) is 4.62. The Morgan fingerprint density at radius 3 is 1.82 bits per heavy atom. The summed E-state index contributed by atoms with van der Waals surface area (Å²) in [6.45, 7) is 9.79. The predicted molar refractivity (Wildman–Crippen MR) is 63.7 cm³/mol. The highest BCUT2D eigenvalue weighted by Gasteiger charge is 2.61. The van der Waals surface area contributed by atoms with Crippen LogP contribution < -0.4 is 0 Å². The Balaban J connectivity index is 1.62. The van der Waals surface area contributed by atoms with Gasteiger partial charge in [-0.15, -0.1) is 0 Å². The molecule has 2 heterocycles. The Kier molecular flexibility index (Phi) is 2.44. The molecular weight excluding hydrogens is 219 g/mol. The first-order valence-corrected chi connectivity index (χ1v) is 6.47. The lowest BCUT2D eigenvalue weighted by atomic mass is 9.57. The molecule has 2 aliphatic heterocycles. The second kappa shape index (κ2) is 3.47. The first-order chi connectivity index (χ1) is 7.84. The molecule has 3 aliphatic rings. The molecule has 0 atom stereocenters. The van der Waals surface area contributed by atoms with Gasteiger partial charge in [0.1, 0.15) is 0 Å². The largest absolute Gasteiger partial charge is 0.461 e. The van der Waals surface area contributed by atoms with E-state index < -0.39 is 0 Å². The Labute approximate surface area is 103 Å². The van der Waals surface area contributed by atoms with Gasteiger partial charge >= 0.3 is 7.12 Å². The molecule has 3 rings (SSSR count). The smallest absolute Gasteiger partial charge is 0.403 e. The molecule has 5 heteroatoms. The number of rotatable bonds is 1. The summed E-state index contributed by atoms with van der Waals surface area (Å²) in [4.78, 5) is 0. The lowest BCUT2D eigenvalue weighted by Crippen LogP contribution is -2.48. The van der Waals surface area contributed by atoms with E-state index in [1.807, 2.05) is 0 Å². The Bertz CT molecular complexity index is 298. The molecular formula is C12H21BO4. The van der Waals surface area contributed by atoms with Gasteiger partial charge in [-0.1, -0.05) is 0 Å². The van der Waals surface area contributed by atoms with Crippen LogP contribution >= 0.6 is 0 Å². The molecule has 96 valence electrons. The quantitative estimate of drug-likeness (QED) is 0.657. The molecule has 2 saturated heterocycles. The highest BCUT2D eigenvalue weighted by molar-refractivity contribution is 6.47. The van der Waals surface area contributed by atoms with Gasteiger partial charge in [-0.2, -0.15) is 0 Å². The van der Waals surface area contributed by atoms with Crippen molar-refractivity contribution in [2.75, 3.05) is 13.2 Å². The van der Waals surface area contributed by atoms with Crippen molar-refractivity contribution in [1.82, 2.24) is 0 Å². The predicted octanol–water partition coefficient (Wildman–Crippen LogP) is 1.99. The average molecular weight is 240 g/mol. The summed E-state index contributed by atoms with van der Waals surface area (Å²) < 4.78 is 23.3. The SMILES string of the molecule is CC1(C)OB(C2CC3(C2)OCCO3)OC1(C)C. The fourth-order valence-electron chi connectivity index (χ4n) is 2.75. The van der Waals surface area contributed by atoms with E-state index in [1.54, 1.807) is 0 Å². The maximum Gasteiger partial charge on any atom is 0.461 e. The molecule has 1 spiro atoms. The monoisotopic (exact) mass is 240 g/mol. The van der Waals surface area contributed by atoms with E-state index in [1.165, 1.54) is 0 Å². The highest BCUT2D eigenvalue weighted by Crippen LogP contribution is 2.53. The van der Waals surface area contributed by atoms with E-state index in [9.17, 15) is 0 Å². The minimum atomic E-state index is -0.311. The van der Waals surface area contributed by atoms with Gasteiger partial charge in [-0.05, 0) is 27.7 Å². The van der Waals surface area contributed by atoms with Gasteiger partial charge in [0.05, 0.1) is 24.4 Å². The summed E-state index contributed by atoms with van der Waals surface area (Å²) in [5.74, 6) is 0.0861. The molecule has 1 aliphatic carbocycles. The molecule has 0 bridgehead atoms. The van der Waals surface area contributed by atoms with E-state index in [-0.39, 0.29) is 24.1 Å². The molecule has 0 aromatic heterocycles. The maximum absolute atomic E-state index is 6.04. The summed E-state index contributed by atoms with van der Waals surface area (Å²) in [6.07, 6.45) is 1.79.